The molecule has 9 heteroatoms. The van der Waals surface area contributed by atoms with Crippen molar-refractivity contribution in [2.75, 3.05) is 11.9 Å². The van der Waals surface area contributed by atoms with Crippen LogP contribution in [0.5, 0.6) is 0 Å². The van der Waals surface area contributed by atoms with Gasteiger partial charge in [0.1, 0.15) is 11.4 Å². The molecule has 0 saturated carbocycles. The lowest BCUT2D eigenvalue weighted by molar-refractivity contribution is -0.173. The predicted octanol–water partition coefficient (Wildman–Crippen LogP) is 4.80. The van der Waals surface area contributed by atoms with Gasteiger partial charge in [-0.2, -0.15) is 18.3 Å². The van der Waals surface area contributed by atoms with Crippen LogP contribution in [0.2, 0.25) is 0 Å². The van der Waals surface area contributed by atoms with Crippen LogP contribution < -0.4 is 5.32 Å². The van der Waals surface area contributed by atoms with Gasteiger partial charge in [0.05, 0.1) is 12.2 Å². The number of carbonyl (C=O) groups excluding carboxylic acids is 1. The summed E-state index contributed by atoms with van der Waals surface area (Å²) < 4.78 is 42.3. The molecule has 1 aromatic carbocycles. The number of nitrogens with one attached hydrogen (secondary N) is 1. The van der Waals surface area contributed by atoms with E-state index in [0.29, 0.717) is 13.1 Å². The first-order valence-electron chi connectivity index (χ1n) is 9.72. The highest BCUT2D eigenvalue weighted by Gasteiger charge is 2.47. The second-order valence-electron chi connectivity index (χ2n) is 7.60. The minimum absolute atomic E-state index is 0.144. The number of nitrogens with zero attached hydrogens (tertiary/aromatic N) is 3. The first-order chi connectivity index (χ1) is 14.4. The summed E-state index contributed by atoms with van der Waals surface area (Å²) in [4.78, 5) is 15.7. The summed E-state index contributed by atoms with van der Waals surface area (Å²) in [6, 6.07) is 9.25. The number of alkyl halides is 3. The molecule has 4 heterocycles. The lowest BCUT2D eigenvalue weighted by atomic mass is 9.99. The minimum Gasteiger partial charge on any atom is -0.362 e. The third-order valence-electron chi connectivity index (χ3n) is 5.77. The van der Waals surface area contributed by atoms with Crippen molar-refractivity contribution in [3.05, 3.63) is 69.5 Å². The number of halogens is 3. The van der Waals surface area contributed by atoms with Gasteiger partial charge in [0.2, 0.25) is 0 Å². The molecule has 2 aliphatic rings. The van der Waals surface area contributed by atoms with Gasteiger partial charge in [-0.3, -0.25) is 4.79 Å². The molecule has 1 N–H and O–H groups in total. The number of thiophene rings is 1. The fourth-order valence-corrected chi connectivity index (χ4v) is 5.03. The molecule has 0 spiro atoms. The molecule has 0 radical (unpaired) electrons. The summed E-state index contributed by atoms with van der Waals surface area (Å²) in [5, 5.41) is 8.96. The van der Waals surface area contributed by atoms with Crippen LogP contribution in [0.4, 0.5) is 19.0 Å². The van der Waals surface area contributed by atoms with Crippen LogP contribution in [0.25, 0.3) is 0 Å². The number of rotatable bonds is 2. The lowest BCUT2D eigenvalue weighted by Crippen LogP contribution is -2.38. The summed E-state index contributed by atoms with van der Waals surface area (Å²) in [7, 11) is 0. The molecule has 3 aromatic rings. The van der Waals surface area contributed by atoms with Crippen molar-refractivity contribution in [2.24, 2.45) is 0 Å². The van der Waals surface area contributed by atoms with Crippen LogP contribution in [-0.4, -0.2) is 33.3 Å². The number of anilines is 1. The Morgan fingerprint density at radius 3 is 2.70 bits per heavy atom. The minimum atomic E-state index is -4.46. The largest absolute Gasteiger partial charge is 0.410 e. The number of aromatic nitrogens is 2. The third kappa shape index (κ3) is 3.27. The highest BCUT2D eigenvalue weighted by molar-refractivity contribution is 7.10. The van der Waals surface area contributed by atoms with Gasteiger partial charge in [-0.05, 0) is 29.0 Å². The Balaban J connectivity index is 1.48. The van der Waals surface area contributed by atoms with Crippen molar-refractivity contribution in [3.8, 4) is 0 Å². The zero-order chi connectivity index (χ0) is 20.9. The zero-order valence-electron chi connectivity index (χ0n) is 15.9. The van der Waals surface area contributed by atoms with Crippen molar-refractivity contribution < 1.29 is 18.0 Å². The van der Waals surface area contributed by atoms with Crippen LogP contribution >= 0.6 is 11.3 Å². The highest BCUT2D eigenvalue weighted by atomic mass is 32.1. The molecule has 2 aliphatic heterocycles. The molecule has 0 fully saturated rings. The van der Waals surface area contributed by atoms with E-state index in [4.69, 9.17) is 0 Å². The van der Waals surface area contributed by atoms with E-state index in [2.05, 4.69) is 10.4 Å². The average molecular weight is 432 g/mol. The van der Waals surface area contributed by atoms with Gasteiger partial charge < -0.3 is 10.2 Å². The second kappa shape index (κ2) is 7.16. The molecule has 5 rings (SSSR count). The van der Waals surface area contributed by atoms with Crippen LogP contribution in [0, 0.1) is 0 Å². The number of carbonyl (C=O) groups is 1. The third-order valence-corrected chi connectivity index (χ3v) is 6.76. The van der Waals surface area contributed by atoms with E-state index < -0.39 is 18.3 Å². The Morgan fingerprint density at radius 1 is 1.17 bits per heavy atom. The Hall–Kier alpha value is -2.81. The number of amides is 1. The Labute approximate surface area is 175 Å². The van der Waals surface area contributed by atoms with Gasteiger partial charge >= 0.3 is 6.18 Å². The van der Waals surface area contributed by atoms with E-state index in [9.17, 15) is 18.0 Å². The molecular formula is C21H19F3N4OS. The Kier molecular flexibility index (Phi) is 4.57. The molecule has 0 aliphatic carbocycles. The van der Waals surface area contributed by atoms with Gasteiger partial charge in [0, 0.05) is 24.4 Å². The van der Waals surface area contributed by atoms with Crippen molar-refractivity contribution in [2.45, 2.75) is 37.6 Å². The quantitative estimate of drug-likeness (QED) is 0.633. The fourth-order valence-electron chi connectivity index (χ4n) is 4.23. The van der Waals surface area contributed by atoms with E-state index in [-0.39, 0.29) is 23.7 Å². The van der Waals surface area contributed by atoms with E-state index in [0.717, 1.165) is 21.5 Å². The normalized spacial score (nSPS) is 21.0. The van der Waals surface area contributed by atoms with Gasteiger partial charge in [0.15, 0.2) is 6.04 Å². The van der Waals surface area contributed by atoms with Crippen molar-refractivity contribution >= 4 is 23.1 Å². The topological polar surface area (TPSA) is 50.2 Å². The van der Waals surface area contributed by atoms with Gasteiger partial charge in [-0.15, -0.1) is 11.3 Å². The molecule has 2 atom stereocenters. The van der Waals surface area contributed by atoms with E-state index in [1.165, 1.54) is 23.1 Å². The van der Waals surface area contributed by atoms with Crippen molar-refractivity contribution in [3.63, 3.8) is 0 Å². The predicted molar refractivity (Wildman–Crippen MR) is 108 cm³/mol. The molecule has 0 unspecified atom stereocenters. The average Bonchev–Trinajstić information content (AvgIpc) is 3.41. The maximum Gasteiger partial charge on any atom is 0.410 e. The number of fused-ring (bicyclic) bond motifs is 2. The maximum absolute atomic E-state index is 13.8. The number of hydrogen-bond donors (Lipinski definition) is 1. The first kappa shape index (κ1) is 19.2. The molecular weight excluding hydrogens is 413 g/mol. The number of hydrogen-bond acceptors (Lipinski definition) is 4. The van der Waals surface area contributed by atoms with Crippen LogP contribution in [0.15, 0.2) is 48.0 Å². The van der Waals surface area contributed by atoms with Crippen LogP contribution in [-0.2, 0) is 13.0 Å². The number of benzene rings is 1. The first-order valence-corrected chi connectivity index (χ1v) is 10.6. The molecule has 5 nitrogen and oxygen atoms in total. The fraction of sp³-hybridized carbons (Fsp3) is 0.333. The highest BCUT2D eigenvalue weighted by Crippen LogP contribution is 2.45. The SMILES string of the molecule is O=C(c1cnn2c1N[C@H](c1cccs1)C[C@@H]2C(F)(F)F)N1CCc2ccccc2C1. The summed E-state index contributed by atoms with van der Waals surface area (Å²) in [6.07, 6.45) is -2.63. The molecule has 0 saturated heterocycles. The summed E-state index contributed by atoms with van der Waals surface area (Å²) in [5.41, 5.74) is 2.45. The molecule has 2 aromatic heterocycles. The van der Waals surface area contributed by atoms with Gasteiger partial charge in [-0.25, -0.2) is 4.68 Å². The monoisotopic (exact) mass is 432 g/mol. The van der Waals surface area contributed by atoms with Crippen LogP contribution in [0.1, 0.15) is 44.9 Å². The van der Waals surface area contributed by atoms with Crippen LogP contribution in [0.3, 0.4) is 0 Å². The molecule has 1 amide bonds. The molecule has 156 valence electrons. The molecule has 0 bridgehead atoms. The standard InChI is InChI=1S/C21H19F3N4OS/c22-21(23,24)18-10-16(17-6-3-9-30-17)26-19-15(11-25-28(18)19)20(29)27-8-7-13-4-1-2-5-14(13)12-27/h1-6,9,11,16,18,26H,7-8,10,12H2/t16-,18+/m0/s1. The smallest absolute Gasteiger partial charge is 0.362 e. The van der Waals surface area contributed by atoms with Gasteiger partial charge in [0.25, 0.3) is 5.91 Å². The summed E-state index contributed by atoms with van der Waals surface area (Å²) in [6.45, 7) is 0.966. The van der Waals surface area contributed by atoms with E-state index in [1.807, 2.05) is 41.8 Å². The second-order valence-corrected chi connectivity index (χ2v) is 8.58. The maximum atomic E-state index is 13.8. The Morgan fingerprint density at radius 2 is 1.97 bits per heavy atom. The summed E-state index contributed by atoms with van der Waals surface area (Å²) in [5.74, 6) is -0.156. The van der Waals surface area contributed by atoms with Crippen molar-refractivity contribution in [1.82, 2.24) is 14.7 Å². The lowest BCUT2D eigenvalue weighted by Gasteiger charge is -2.34. The molecule has 30 heavy (non-hydrogen) atoms. The van der Waals surface area contributed by atoms with Crippen molar-refractivity contribution in [1.29, 1.82) is 0 Å². The summed E-state index contributed by atoms with van der Waals surface area (Å²) >= 11 is 1.40. The zero-order valence-corrected chi connectivity index (χ0v) is 16.7. The van der Waals surface area contributed by atoms with E-state index in [1.54, 1.807) is 4.90 Å². The van der Waals surface area contributed by atoms with E-state index >= 15 is 0 Å². The Bertz CT molecular complexity index is 1080. The van der Waals surface area contributed by atoms with Gasteiger partial charge in [-0.1, -0.05) is 30.3 Å².